The van der Waals surface area contributed by atoms with E-state index in [1.165, 1.54) is 6.42 Å². The van der Waals surface area contributed by atoms with Gasteiger partial charge in [0.15, 0.2) is 5.78 Å². The van der Waals surface area contributed by atoms with Crippen molar-refractivity contribution in [3.8, 4) is 0 Å². The van der Waals surface area contributed by atoms with Crippen LogP contribution in [-0.2, 0) is 4.79 Å². The predicted octanol–water partition coefficient (Wildman–Crippen LogP) is 4.44. The average molecular weight is 280 g/mol. The van der Waals surface area contributed by atoms with Crippen LogP contribution in [0.2, 0.25) is 0 Å². The average Bonchev–Trinajstić information content (AvgIpc) is 2.57. The highest BCUT2D eigenvalue weighted by Crippen LogP contribution is 2.12. The number of Topliss-reactive ketones (excluding diaryl/α,β-unsaturated/α-hetero) is 1. The Kier molecular flexibility index (Phi) is 5.89. The lowest BCUT2D eigenvalue weighted by Crippen LogP contribution is -2.02. The molecule has 2 aromatic carbocycles. The Hall–Kier alpha value is -2.22. The van der Waals surface area contributed by atoms with Crippen molar-refractivity contribution in [2.24, 2.45) is 0 Å². The third-order valence-electron chi connectivity index (χ3n) is 3.48. The highest BCUT2D eigenvalue weighted by Gasteiger charge is 2.06. The molecular weight excluding hydrogens is 260 g/mol. The minimum Gasteiger partial charge on any atom is -0.300 e. The summed E-state index contributed by atoms with van der Waals surface area (Å²) in [5, 5.41) is 0. The Balaban J connectivity index is 0.000000194. The molecule has 0 aromatic heterocycles. The van der Waals surface area contributed by atoms with Gasteiger partial charge in [-0.2, -0.15) is 0 Å². The molecule has 2 nitrogen and oxygen atoms in total. The molecule has 0 radical (unpaired) electrons. The summed E-state index contributed by atoms with van der Waals surface area (Å²) in [6.45, 7) is 0. The summed E-state index contributed by atoms with van der Waals surface area (Å²) in [6, 6.07) is 18.6. The summed E-state index contributed by atoms with van der Waals surface area (Å²) >= 11 is 0. The van der Waals surface area contributed by atoms with E-state index in [1.807, 2.05) is 60.7 Å². The first-order valence-corrected chi connectivity index (χ1v) is 7.44. The Morgan fingerprint density at radius 1 is 0.667 bits per heavy atom. The number of carbonyl (C=O) groups is 2. The van der Waals surface area contributed by atoms with E-state index in [4.69, 9.17) is 0 Å². The molecule has 0 heterocycles. The summed E-state index contributed by atoms with van der Waals surface area (Å²) in [4.78, 5) is 22.3. The van der Waals surface area contributed by atoms with Crippen LogP contribution in [-0.4, -0.2) is 11.6 Å². The van der Waals surface area contributed by atoms with Crippen LogP contribution in [0.3, 0.4) is 0 Å². The first-order chi connectivity index (χ1) is 10.3. The molecule has 0 N–H and O–H groups in total. The van der Waals surface area contributed by atoms with E-state index in [9.17, 15) is 9.59 Å². The SMILES string of the molecule is O=C(c1ccccc1)c1ccccc1.O=C1CCCCC1. The lowest BCUT2D eigenvalue weighted by molar-refractivity contribution is -0.120. The molecule has 0 amide bonds. The maximum Gasteiger partial charge on any atom is 0.193 e. The monoisotopic (exact) mass is 280 g/mol. The maximum absolute atomic E-state index is 11.8. The molecule has 21 heavy (non-hydrogen) atoms. The van der Waals surface area contributed by atoms with Crippen molar-refractivity contribution in [2.45, 2.75) is 32.1 Å². The van der Waals surface area contributed by atoms with E-state index in [-0.39, 0.29) is 5.78 Å². The van der Waals surface area contributed by atoms with Gasteiger partial charge in [0, 0.05) is 24.0 Å². The zero-order valence-electron chi connectivity index (χ0n) is 12.1. The number of carbonyl (C=O) groups excluding carboxylic acids is 2. The summed E-state index contributed by atoms with van der Waals surface area (Å²) in [7, 11) is 0. The van der Waals surface area contributed by atoms with Gasteiger partial charge in [0.25, 0.3) is 0 Å². The number of rotatable bonds is 2. The van der Waals surface area contributed by atoms with Crippen molar-refractivity contribution in [3.05, 3.63) is 71.8 Å². The maximum atomic E-state index is 11.8. The third kappa shape index (κ3) is 4.99. The van der Waals surface area contributed by atoms with E-state index in [1.54, 1.807) is 0 Å². The molecule has 1 saturated carbocycles. The fourth-order valence-electron chi connectivity index (χ4n) is 2.29. The molecular formula is C19H20O2. The standard InChI is InChI=1S/C13H10O.C6H10O/c14-13(11-7-3-1-4-8-11)12-9-5-2-6-10-12;7-6-4-2-1-3-5-6/h1-10H;1-5H2. The van der Waals surface area contributed by atoms with Gasteiger partial charge in [0.2, 0.25) is 0 Å². The quantitative estimate of drug-likeness (QED) is 0.762. The molecule has 2 heteroatoms. The molecule has 0 spiro atoms. The van der Waals surface area contributed by atoms with Crippen molar-refractivity contribution >= 4 is 11.6 Å². The van der Waals surface area contributed by atoms with Crippen LogP contribution in [0.25, 0.3) is 0 Å². The lowest BCUT2D eigenvalue weighted by atomic mass is 10.00. The van der Waals surface area contributed by atoms with Crippen LogP contribution in [0.15, 0.2) is 60.7 Å². The molecule has 0 unspecified atom stereocenters. The van der Waals surface area contributed by atoms with Crippen LogP contribution in [0.4, 0.5) is 0 Å². The fourth-order valence-corrected chi connectivity index (χ4v) is 2.29. The van der Waals surface area contributed by atoms with Crippen molar-refractivity contribution in [2.75, 3.05) is 0 Å². The second-order valence-electron chi connectivity index (χ2n) is 5.16. The molecule has 0 bridgehead atoms. The summed E-state index contributed by atoms with van der Waals surface area (Å²) in [5.74, 6) is 0.539. The molecule has 3 rings (SSSR count). The third-order valence-corrected chi connectivity index (χ3v) is 3.48. The van der Waals surface area contributed by atoms with E-state index < -0.39 is 0 Å². The van der Waals surface area contributed by atoms with Crippen molar-refractivity contribution in [1.29, 1.82) is 0 Å². The highest BCUT2D eigenvalue weighted by atomic mass is 16.1. The van der Waals surface area contributed by atoms with Gasteiger partial charge in [0.05, 0.1) is 0 Å². The lowest BCUT2D eigenvalue weighted by Gasteiger charge is -2.05. The van der Waals surface area contributed by atoms with Gasteiger partial charge in [0.1, 0.15) is 5.78 Å². The van der Waals surface area contributed by atoms with Crippen LogP contribution in [0.5, 0.6) is 0 Å². The second-order valence-corrected chi connectivity index (χ2v) is 5.16. The predicted molar refractivity (Wildman–Crippen MR) is 84.4 cm³/mol. The first-order valence-electron chi connectivity index (χ1n) is 7.44. The minimum absolute atomic E-state index is 0.0752. The largest absolute Gasteiger partial charge is 0.300 e. The number of hydrogen-bond acceptors (Lipinski definition) is 2. The highest BCUT2D eigenvalue weighted by molar-refractivity contribution is 6.08. The first kappa shape index (κ1) is 15.2. The van der Waals surface area contributed by atoms with E-state index in [0.29, 0.717) is 5.78 Å². The summed E-state index contributed by atoms with van der Waals surface area (Å²) in [6.07, 6.45) is 5.24. The van der Waals surface area contributed by atoms with Gasteiger partial charge in [-0.05, 0) is 12.8 Å². The van der Waals surface area contributed by atoms with Gasteiger partial charge < -0.3 is 0 Å². The zero-order chi connectivity index (χ0) is 14.9. The normalized spacial score (nSPS) is 14.0. The number of hydrogen-bond donors (Lipinski definition) is 0. The van der Waals surface area contributed by atoms with Crippen molar-refractivity contribution in [1.82, 2.24) is 0 Å². The Bertz CT molecular complexity index is 524. The second kappa shape index (κ2) is 8.15. The molecule has 1 aliphatic rings. The van der Waals surface area contributed by atoms with Gasteiger partial charge in [-0.3, -0.25) is 9.59 Å². The smallest absolute Gasteiger partial charge is 0.193 e. The van der Waals surface area contributed by atoms with E-state index in [2.05, 4.69) is 0 Å². The van der Waals surface area contributed by atoms with E-state index in [0.717, 1.165) is 36.8 Å². The van der Waals surface area contributed by atoms with Gasteiger partial charge in [-0.1, -0.05) is 67.1 Å². The Morgan fingerprint density at radius 3 is 1.43 bits per heavy atom. The van der Waals surface area contributed by atoms with Crippen LogP contribution in [0.1, 0.15) is 48.0 Å². The summed E-state index contributed by atoms with van der Waals surface area (Å²) < 4.78 is 0. The molecule has 0 aliphatic heterocycles. The Labute approximate surface area is 125 Å². The van der Waals surface area contributed by atoms with Crippen molar-refractivity contribution < 1.29 is 9.59 Å². The molecule has 1 aliphatic carbocycles. The van der Waals surface area contributed by atoms with Gasteiger partial charge in [-0.15, -0.1) is 0 Å². The topological polar surface area (TPSA) is 34.1 Å². The fraction of sp³-hybridized carbons (Fsp3) is 0.263. The zero-order valence-corrected chi connectivity index (χ0v) is 12.1. The molecule has 2 aromatic rings. The van der Waals surface area contributed by atoms with Crippen LogP contribution in [0, 0.1) is 0 Å². The molecule has 0 atom stereocenters. The van der Waals surface area contributed by atoms with Gasteiger partial charge >= 0.3 is 0 Å². The van der Waals surface area contributed by atoms with Crippen LogP contribution >= 0.6 is 0 Å². The molecule has 0 saturated heterocycles. The van der Waals surface area contributed by atoms with Crippen LogP contribution < -0.4 is 0 Å². The van der Waals surface area contributed by atoms with Gasteiger partial charge in [-0.25, -0.2) is 0 Å². The Morgan fingerprint density at radius 2 is 1.10 bits per heavy atom. The number of benzene rings is 2. The summed E-state index contributed by atoms with van der Waals surface area (Å²) in [5.41, 5.74) is 1.47. The minimum atomic E-state index is 0.0752. The number of ketones is 2. The molecule has 108 valence electrons. The van der Waals surface area contributed by atoms with E-state index >= 15 is 0 Å². The van der Waals surface area contributed by atoms with Crippen molar-refractivity contribution in [3.63, 3.8) is 0 Å². The molecule has 1 fully saturated rings.